The maximum atomic E-state index is 11.9. The van der Waals surface area contributed by atoms with Gasteiger partial charge in [0.15, 0.2) is 0 Å². The first-order valence-corrected chi connectivity index (χ1v) is 6.03. The van der Waals surface area contributed by atoms with E-state index in [4.69, 9.17) is 5.11 Å². The van der Waals surface area contributed by atoms with Gasteiger partial charge >= 0.3 is 5.97 Å². The SMILES string of the molecule is CC(C)(CNC(=O)C1(C(=O)O)CC1)c1cc[nH]c1. The van der Waals surface area contributed by atoms with Gasteiger partial charge in [0, 0.05) is 24.4 Å². The number of carbonyl (C=O) groups is 2. The van der Waals surface area contributed by atoms with Gasteiger partial charge in [-0.25, -0.2) is 0 Å². The lowest BCUT2D eigenvalue weighted by Crippen LogP contribution is -2.42. The number of H-pyrrole nitrogens is 1. The summed E-state index contributed by atoms with van der Waals surface area (Å²) in [6, 6.07) is 1.95. The maximum absolute atomic E-state index is 11.9. The highest BCUT2D eigenvalue weighted by Crippen LogP contribution is 2.46. The van der Waals surface area contributed by atoms with Crippen LogP contribution in [0.15, 0.2) is 18.5 Å². The van der Waals surface area contributed by atoms with E-state index >= 15 is 0 Å². The predicted octanol–water partition coefficient (Wildman–Crippen LogP) is 1.27. The third-order valence-electron chi connectivity index (χ3n) is 3.66. The first-order chi connectivity index (χ1) is 8.38. The van der Waals surface area contributed by atoms with E-state index in [1.165, 1.54) is 0 Å². The minimum Gasteiger partial charge on any atom is -0.480 e. The van der Waals surface area contributed by atoms with Gasteiger partial charge in [-0.2, -0.15) is 0 Å². The Balaban J connectivity index is 1.96. The van der Waals surface area contributed by atoms with E-state index < -0.39 is 11.4 Å². The number of hydrogen-bond donors (Lipinski definition) is 3. The van der Waals surface area contributed by atoms with Crippen LogP contribution in [0.3, 0.4) is 0 Å². The lowest BCUT2D eigenvalue weighted by Gasteiger charge is -2.25. The number of aliphatic carboxylic acids is 1. The van der Waals surface area contributed by atoms with Crippen molar-refractivity contribution in [2.45, 2.75) is 32.1 Å². The number of amides is 1. The van der Waals surface area contributed by atoms with Crippen LogP contribution in [0.1, 0.15) is 32.3 Å². The summed E-state index contributed by atoms with van der Waals surface area (Å²) in [7, 11) is 0. The third-order valence-corrected chi connectivity index (χ3v) is 3.66. The Bertz CT molecular complexity index is 459. The van der Waals surface area contributed by atoms with Crippen LogP contribution in [0.25, 0.3) is 0 Å². The largest absolute Gasteiger partial charge is 0.480 e. The molecule has 5 heteroatoms. The van der Waals surface area contributed by atoms with Crippen LogP contribution in [0.4, 0.5) is 0 Å². The summed E-state index contributed by atoms with van der Waals surface area (Å²) in [5.74, 6) is -1.38. The highest BCUT2D eigenvalue weighted by molar-refractivity contribution is 6.04. The van der Waals surface area contributed by atoms with Crippen LogP contribution < -0.4 is 5.32 Å². The lowest BCUT2D eigenvalue weighted by molar-refractivity contribution is -0.149. The van der Waals surface area contributed by atoms with Gasteiger partial charge in [0.25, 0.3) is 0 Å². The molecule has 1 heterocycles. The van der Waals surface area contributed by atoms with E-state index in [0.717, 1.165) is 5.56 Å². The normalized spacial score (nSPS) is 17.2. The second kappa shape index (κ2) is 4.15. The molecule has 1 amide bonds. The Kier molecular flexibility index (Phi) is 2.92. The molecule has 1 aromatic heterocycles. The van der Waals surface area contributed by atoms with Crippen LogP contribution in [0.5, 0.6) is 0 Å². The zero-order valence-corrected chi connectivity index (χ0v) is 10.6. The lowest BCUT2D eigenvalue weighted by atomic mass is 9.86. The molecule has 0 aliphatic heterocycles. The molecule has 1 saturated carbocycles. The minimum atomic E-state index is -1.16. The van der Waals surface area contributed by atoms with E-state index in [9.17, 15) is 9.59 Å². The van der Waals surface area contributed by atoms with Gasteiger partial charge < -0.3 is 15.4 Å². The number of nitrogens with one attached hydrogen (secondary N) is 2. The molecule has 98 valence electrons. The van der Waals surface area contributed by atoms with Crippen LogP contribution in [-0.4, -0.2) is 28.5 Å². The van der Waals surface area contributed by atoms with Crippen molar-refractivity contribution in [3.05, 3.63) is 24.0 Å². The Morgan fingerprint density at radius 2 is 2.17 bits per heavy atom. The van der Waals surface area contributed by atoms with Gasteiger partial charge in [0.05, 0.1) is 0 Å². The molecular weight excluding hydrogens is 232 g/mol. The molecule has 0 saturated heterocycles. The molecule has 18 heavy (non-hydrogen) atoms. The number of carboxylic acid groups (broad SMARTS) is 1. The van der Waals surface area contributed by atoms with E-state index in [0.29, 0.717) is 19.4 Å². The van der Waals surface area contributed by atoms with Crippen molar-refractivity contribution < 1.29 is 14.7 Å². The Labute approximate surface area is 106 Å². The smallest absolute Gasteiger partial charge is 0.319 e. The van der Waals surface area contributed by atoms with E-state index in [1.807, 2.05) is 32.3 Å². The highest BCUT2D eigenvalue weighted by Gasteiger charge is 2.57. The van der Waals surface area contributed by atoms with Crippen LogP contribution >= 0.6 is 0 Å². The van der Waals surface area contributed by atoms with Crippen molar-refractivity contribution in [1.82, 2.24) is 10.3 Å². The fraction of sp³-hybridized carbons (Fsp3) is 0.538. The van der Waals surface area contributed by atoms with E-state index in [-0.39, 0.29) is 11.3 Å². The fourth-order valence-corrected chi connectivity index (χ4v) is 1.98. The Morgan fingerprint density at radius 1 is 1.50 bits per heavy atom. The minimum absolute atomic E-state index is 0.218. The summed E-state index contributed by atoms with van der Waals surface area (Å²) in [5.41, 5.74) is -0.290. The van der Waals surface area contributed by atoms with Crippen LogP contribution in [0, 0.1) is 5.41 Å². The summed E-state index contributed by atoms with van der Waals surface area (Å²) in [5, 5.41) is 11.8. The predicted molar refractivity (Wildman–Crippen MR) is 66.1 cm³/mol. The van der Waals surface area contributed by atoms with Crippen molar-refractivity contribution in [3.8, 4) is 0 Å². The molecule has 1 aliphatic carbocycles. The van der Waals surface area contributed by atoms with Gasteiger partial charge in [-0.3, -0.25) is 9.59 Å². The number of aromatic amines is 1. The van der Waals surface area contributed by atoms with Gasteiger partial charge in [-0.15, -0.1) is 0 Å². The number of carboxylic acids is 1. The zero-order chi connectivity index (χ0) is 13.4. The van der Waals surface area contributed by atoms with Crippen molar-refractivity contribution in [2.75, 3.05) is 6.54 Å². The third kappa shape index (κ3) is 2.12. The van der Waals surface area contributed by atoms with Crippen molar-refractivity contribution in [2.24, 2.45) is 5.41 Å². The molecule has 1 aromatic rings. The first-order valence-electron chi connectivity index (χ1n) is 6.03. The molecule has 0 bridgehead atoms. The van der Waals surface area contributed by atoms with Gasteiger partial charge in [-0.05, 0) is 24.5 Å². The highest BCUT2D eigenvalue weighted by atomic mass is 16.4. The number of hydrogen-bond acceptors (Lipinski definition) is 2. The molecule has 0 spiro atoms. The van der Waals surface area contributed by atoms with E-state index in [2.05, 4.69) is 10.3 Å². The monoisotopic (exact) mass is 250 g/mol. The topological polar surface area (TPSA) is 82.2 Å². The molecule has 1 fully saturated rings. The molecule has 0 aromatic carbocycles. The van der Waals surface area contributed by atoms with Crippen molar-refractivity contribution in [3.63, 3.8) is 0 Å². The number of aromatic nitrogens is 1. The molecule has 3 N–H and O–H groups in total. The fourth-order valence-electron chi connectivity index (χ4n) is 1.98. The second-order valence-corrected chi connectivity index (χ2v) is 5.55. The summed E-state index contributed by atoms with van der Waals surface area (Å²) in [6.45, 7) is 4.45. The van der Waals surface area contributed by atoms with Crippen molar-refractivity contribution in [1.29, 1.82) is 0 Å². The summed E-state index contributed by atoms with van der Waals surface area (Å²) < 4.78 is 0. The summed E-state index contributed by atoms with van der Waals surface area (Å²) in [4.78, 5) is 25.9. The van der Waals surface area contributed by atoms with Crippen molar-refractivity contribution >= 4 is 11.9 Å². The number of carbonyl (C=O) groups excluding carboxylic acids is 1. The summed E-state index contributed by atoms with van der Waals surface area (Å²) >= 11 is 0. The van der Waals surface area contributed by atoms with Gasteiger partial charge in [0.2, 0.25) is 5.91 Å². The van der Waals surface area contributed by atoms with Gasteiger partial charge in [0.1, 0.15) is 5.41 Å². The quantitative estimate of drug-likeness (QED) is 0.688. The maximum Gasteiger partial charge on any atom is 0.319 e. The second-order valence-electron chi connectivity index (χ2n) is 5.55. The van der Waals surface area contributed by atoms with Gasteiger partial charge in [-0.1, -0.05) is 13.8 Å². The van der Waals surface area contributed by atoms with Crippen LogP contribution in [0.2, 0.25) is 0 Å². The molecule has 0 unspecified atom stereocenters. The first kappa shape index (κ1) is 12.7. The zero-order valence-electron chi connectivity index (χ0n) is 10.6. The molecule has 1 aliphatic rings. The van der Waals surface area contributed by atoms with E-state index in [1.54, 1.807) is 0 Å². The standard InChI is InChI=1S/C13H18N2O3/c1-12(2,9-3-6-14-7-9)8-15-10(16)13(4-5-13)11(17)18/h3,6-7,14H,4-5,8H2,1-2H3,(H,15,16)(H,17,18). The number of rotatable bonds is 5. The molecule has 2 rings (SSSR count). The Hall–Kier alpha value is -1.78. The summed E-state index contributed by atoms with van der Waals surface area (Å²) in [6.07, 6.45) is 4.60. The molecule has 5 nitrogen and oxygen atoms in total. The Morgan fingerprint density at radius 3 is 2.61 bits per heavy atom. The molecule has 0 radical (unpaired) electrons. The van der Waals surface area contributed by atoms with Crippen LogP contribution in [-0.2, 0) is 15.0 Å². The average molecular weight is 250 g/mol. The average Bonchev–Trinajstić information content (AvgIpc) is 2.93. The molecule has 0 atom stereocenters. The molecular formula is C13H18N2O3.